The molecule has 0 saturated heterocycles. The van der Waals surface area contributed by atoms with E-state index in [2.05, 4.69) is 10.1 Å². The molecule has 0 aromatic carbocycles. The molecule has 0 aliphatic rings. The standard InChI is InChI=1S/C13H25NO3/c1-7-14-11(16)13(4,5)9-12(2,3)8-10(15)17-6/h7-9H2,1-6H3,(H,14,16). The highest BCUT2D eigenvalue weighted by Crippen LogP contribution is 2.36. The van der Waals surface area contributed by atoms with Gasteiger partial charge in [-0.05, 0) is 18.8 Å². The summed E-state index contributed by atoms with van der Waals surface area (Å²) in [6.45, 7) is 10.3. The average Bonchev–Trinajstić information content (AvgIpc) is 2.15. The minimum Gasteiger partial charge on any atom is -0.469 e. The molecule has 0 saturated carbocycles. The Bertz CT molecular complexity index is 282. The van der Waals surface area contributed by atoms with Crippen molar-refractivity contribution < 1.29 is 14.3 Å². The molecule has 4 nitrogen and oxygen atoms in total. The number of carbonyl (C=O) groups is 2. The van der Waals surface area contributed by atoms with Gasteiger partial charge in [0.05, 0.1) is 13.5 Å². The third-order valence-corrected chi connectivity index (χ3v) is 2.72. The van der Waals surface area contributed by atoms with Crippen molar-refractivity contribution in [2.45, 2.75) is 47.5 Å². The first kappa shape index (κ1) is 15.9. The van der Waals surface area contributed by atoms with Gasteiger partial charge >= 0.3 is 5.97 Å². The highest BCUT2D eigenvalue weighted by atomic mass is 16.5. The lowest BCUT2D eigenvalue weighted by Crippen LogP contribution is -2.40. The molecule has 17 heavy (non-hydrogen) atoms. The van der Waals surface area contributed by atoms with Crippen LogP contribution in [0.3, 0.4) is 0 Å². The van der Waals surface area contributed by atoms with Gasteiger partial charge in [-0.2, -0.15) is 0 Å². The number of ether oxygens (including phenoxy) is 1. The Labute approximate surface area is 104 Å². The van der Waals surface area contributed by atoms with Crippen molar-refractivity contribution in [2.75, 3.05) is 13.7 Å². The molecule has 0 heterocycles. The van der Waals surface area contributed by atoms with Gasteiger partial charge in [0.25, 0.3) is 0 Å². The van der Waals surface area contributed by atoms with Gasteiger partial charge in [0.2, 0.25) is 5.91 Å². The smallest absolute Gasteiger partial charge is 0.306 e. The lowest BCUT2D eigenvalue weighted by atomic mass is 9.73. The van der Waals surface area contributed by atoms with Crippen LogP contribution in [0, 0.1) is 10.8 Å². The monoisotopic (exact) mass is 243 g/mol. The van der Waals surface area contributed by atoms with Crippen LogP contribution in [-0.4, -0.2) is 25.5 Å². The number of hydrogen-bond donors (Lipinski definition) is 1. The molecule has 0 bridgehead atoms. The maximum atomic E-state index is 11.9. The molecular weight excluding hydrogens is 218 g/mol. The maximum absolute atomic E-state index is 11.9. The summed E-state index contributed by atoms with van der Waals surface area (Å²) in [7, 11) is 1.38. The van der Waals surface area contributed by atoms with Crippen molar-refractivity contribution in [3.8, 4) is 0 Å². The van der Waals surface area contributed by atoms with E-state index >= 15 is 0 Å². The minimum atomic E-state index is -0.479. The zero-order valence-corrected chi connectivity index (χ0v) is 11.8. The molecule has 0 aromatic rings. The Balaban J connectivity index is 4.57. The van der Waals surface area contributed by atoms with Crippen molar-refractivity contribution >= 4 is 11.9 Å². The molecule has 1 N–H and O–H groups in total. The quantitative estimate of drug-likeness (QED) is 0.727. The topological polar surface area (TPSA) is 55.4 Å². The molecule has 100 valence electrons. The summed E-state index contributed by atoms with van der Waals surface area (Å²) in [5.74, 6) is -0.209. The summed E-state index contributed by atoms with van der Waals surface area (Å²) in [5, 5.41) is 2.82. The first-order valence-electron chi connectivity index (χ1n) is 6.00. The Morgan fingerprint density at radius 2 is 1.71 bits per heavy atom. The van der Waals surface area contributed by atoms with E-state index in [0.29, 0.717) is 19.4 Å². The summed E-state index contributed by atoms with van der Waals surface area (Å²) in [4.78, 5) is 23.2. The minimum absolute atomic E-state index is 0.0259. The first-order valence-corrected chi connectivity index (χ1v) is 6.00. The highest BCUT2D eigenvalue weighted by molar-refractivity contribution is 5.81. The van der Waals surface area contributed by atoms with Crippen molar-refractivity contribution in [3.05, 3.63) is 0 Å². The second-order valence-electron chi connectivity index (χ2n) is 5.84. The van der Waals surface area contributed by atoms with Gasteiger partial charge in [-0.3, -0.25) is 9.59 Å². The molecule has 0 aliphatic heterocycles. The average molecular weight is 243 g/mol. The van der Waals surface area contributed by atoms with Gasteiger partial charge in [0.15, 0.2) is 0 Å². The lowest BCUT2D eigenvalue weighted by Gasteiger charge is -2.33. The van der Waals surface area contributed by atoms with Gasteiger partial charge < -0.3 is 10.1 Å². The number of esters is 1. The van der Waals surface area contributed by atoms with E-state index in [4.69, 9.17) is 0 Å². The van der Waals surface area contributed by atoms with Crippen molar-refractivity contribution in [1.82, 2.24) is 5.32 Å². The van der Waals surface area contributed by atoms with Crippen LogP contribution < -0.4 is 5.32 Å². The van der Waals surface area contributed by atoms with E-state index in [1.54, 1.807) is 0 Å². The van der Waals surface area contributed by atoms with Crippen LogP contribution in [-0.2, 0) is 14.3 Å². The van der Waals surface area contributed by atoms with Crippen molar-refractivity contribution in [2.24, 2.45) is 10.8 Å². The molecule has 0 radical (unpaired) electrons. The summed E-state index contributed by atoms with van der Waals surface area (Å²) in [6.07, 6.45) is 0.966. The number of carbonyl (C=O) groups excluding carboxylic acids is 2. The first-order chi connectivity index (χ1) is 7.64. The molecule has 0 rings (SSSR count). The molecular formula is C13H25NO3. The Hall–Kier alpha value is -1.06. The SMILES string of the molecule is CCNC(=O)C(C)(C)CC(C)(C)CC(=O)OC. The molecule has 0 unspecified atom stereocenters. The van der Waals surface area contributed by atoms with Gasteiger partial charge in [-0.25, -0.2) is 0 Å². The fourth-order valence-electron chi connectivity index (χ4n) is 2.20. The number of nitrogens with one attached hydrogen (secondary N) is 1. The van der Waals surface area contributed by atoms with E-state index < -0.39 is 5.41 Å². The zero-order valence-electron chi connectivity index (χ0n) is 11.8. The largest absolute Gasteiger partial charge is 0.469 e. The third-order valence-electron chi connectivity index (χ3n) is 2.72. The molecule has 0 aromatic heterocycles. The fraction of sp³-hybridized carbons (Fsp3) is 0.846. The summed E-state index contributed by atoms with van der Waals surface area (Å²) < 4.78 is 4.67. The van der Waals surface area contributed by atoms with Gasteiger partial charge in [-0.15, -0.1) is 0 Å². The number of amides is 1. The molecule has 1 amide bonds. The lowest BCUT2D eigenvalue weighted by molar-refractivity contribution is -0.144. The Morgan fingerprint density at radius 1 is 1.18 bits per heavy atom. The predicted octanol–water partition coefficient (Wildman–Crippen LogP) is 2.13. The van der Waals surface area contributed by atoms with Gasteiger partial charge in [0.1, 0.15) is 0 Å². The number of rotatable bonds is 6. The van der Waals surface area contributed by atoms with Crippen LogP contribution in [0.15, 0.2) is 0 Å². The van der Waals surface area contributed by atoms with Crippen molar-refractivity contribution in [1.29, 1.82) is 0 Å². The predicted molar refractivity (Wildman–Crippen MR) is 67.5 cm³/mol. The molecule has 0 atom stereocenters. The van der Waals surface area contributed by atoms with E-state index in [9.17, 15) is 9.59 Å². The summed E-state index contributed by atoms with van der Waals surface area (Å²) in [5.41, 5.74) is -0.727. The Kier molecular flexibility index (Phi) is 5.66. The third kappa shape index (κ3) is 5.71. The van der Waals surface area contributed by atoms with Crippen LogP contribution in [0.1, 0.15) is 47.5 Å². The van der Waals surface area contributed by atoms with Crippen LogP contribution in [0.25, 0.3) is 0 Å². The van der Waals surface area contributed by atoms with Crippen LogP contribution in [0.4, 0.5) is 0 Å². The molecule has 0 spiro atoms. The summed E-state index contributed by atoms with van der Waals surface area (Å²) >= 11 is 0. The second-order valence-corrected chi connectivity index (χ2v) is 5.84. The van der Waals surface area contributed by atoms with Gasteiger partial charge in [-0.1, -0.05) is 27.7 Å². The van der Waals surface area contributed by atoms with E-state index in [0.717, 1.165) is 0 Å². The second kappa shape index (κ2) is 6.03. The van der Waals surface area contributed by atoms with E-state index in [-0.39, 0.29) is 17.3 Å². The molecule has 4 heteroatoms. The van der Waals surface area contributed by atoms with Crippen LogP contribution in [0.2, 0.25) is 0 Å². The summed E-state index contributed by atoms with van der Waals surface area (Å²) in [6, 6.07) is 0. The van der Waals surface area contributed by atoms with Gasteiger partial charge in [0, 0.05) is 12.0 Å². The van der Waals surface area contributed by atoms with Crippen LogP contribution >= 0.6 is 0 Å². The zero-order chi connectivity index (χ0) is 13.7. The molecule has 0 aliphatic carbocycles. The fourth-order valence-corrected chi connectivity index (χ4v) is 2.20. The highest BCUT2D eigenvalue weighted by Gasteiger charge is 2.35. The number of hydrogen-bond acceptors (Lipinski definition) is 3. The van der Waals surface area contributed by atoms with E-state index in [1.165, 1.54) is 7.11 Å². The van der Waals surface area contributed by atoms with Crippen molar-refractivity contribution in [3.63, 3.8) is 0 Å². The number of methoxy groups -OCH3 is 1. The van der Waals surface area contributed by atoms with Crippen LogP contribution in [0.5, 0.6) is 0 Å². The maximum Gasteiger partial charge on any atom is 0.306 e. The molecule has 0 fully saturated rings. The normalized spacial score (nSPS) is 12.1. The van der Waals surface area contributed by atoms with E-state index in [1.807, 2.05) is 34.6 Å². The Morgan fingerprint density at radius 3 is 2.12 bits per heavy atom.